The van der Waals surface area contributed by atoms with Gasteiger partial charge in [0.1, 0.15) is 0 Å². The largest absolute Gasteiger partial charge is 0.349 e. The second-order valence-electron chi connectivity index (χ2n) is 6.12. The number of hydrogen-bond acceptors (Lipinski definition) is 2. The van der Waals surface area contributed by atoms with Gasteiger partial charge in [0, 0.05) is 23.8 Å². The Morgan fingerprint density at radius 1 is 1.09 bits per heavy atom. The number of carbonyl (C=O) groups is 2. The van der Waals surface area contributed by atoms with E-state index in [0.717, 1.165) is 32.1 Å². The fraction of sp³-hybridized carbons (Fsp3) is 0.556. The van der Waals surface area contributed by atoms with E-state index in [1.807, 2.05) is 0 Å². The molecule has 0 saturated heterocycles. The van der Waals surface area contributed by atoms with Crippen molar-refractivity contribution in [1.82, 2.24) is 10.6 Å². The molecule has 0 heterocycles. The molecule has 126 valence electrons. The van der Waals surface area contributed by atoms with Crippen molar-refractivity contribution in [2.75, 3.05) is 11.9 Å². The number of hydrogen-bond donors (Lipinski definition) is 3. The van der Waals surface area contributed by atoms with Crippen molar-refractivity contribution in [3.63, 3.8) is 0 Å². The predicted octanol–water partition coefficient (Wildman–Crippen LogP) is 3.67. The minimum Gasteiger partial charge on any atom is -0.349 e. The predicted molar refractivity (Wildman–Crippen MR) is 92.7 cm³/mol. The highest BCUT2D eigenvalue weighted by Gasteiger charge is 2.17. The van der Waals surface area contributed by atoms with Crippen molar-refractivity contribution in [3.05, 3.63) is 29.8 Å². The molecule has 0 atom stereocenters. The Hall–Kier alpha value is -2.04. The molecule has 0 aromatic heterocycles. The Morgan fingerprint density at radius 2 is 1.78 bits per heavy atom. The molecule has 0 spiro atoms. The van der Waals surface area contributed by atoms with Crippen molar-refractivity contribution in [2.24, 2.45) is 0 Å². The SMILES string of the molecule is CCCCCNC(=O)Nc1ccc(C(=O)NC2CCCC2)cc1. The lowest BCUT2D eigenvalue weighted by atomic mass is 10.1. The lowest BCUT2D eigenvalue weighted by Crippen LogP contribution is -2.32. The fourth-order valence-corrected chi connectivity index (χ4v) is 2.80. The van der Waals surface area contributed by atoms with Gasteiger partial charge >= 0.3 is 6.03 Å². The van der Waals surface area contributed by atoms with E-state index in [1.54, 1.807) is 24.3 Å². The Morgan fingerprint density at radius 3 is 2.43 bits per heavy atom. The van der Waals surface area contributed by atoms with Gasteiger partial charge in [0.2, 0.25) is 0 Å². The van der Waals surface area contributed by atoms with Crippen LogP contribution in [0.15, 0.2) is 24.3 Å². The first kappa shape index (κ1) is 17.3. The monoisotopic (exact) mass is 317 g/mol. The van der Waals surface area contributed by atoms with E-state index in [2.05, 4.69) is 22.9 Å². The molecule has 1 aliphatic rings. The number of carbonyl (C=O) groups excluding carboxylic acids is 2. The first-order chi connectivity index (χ1) is 11.2. The zero-order valence-corrected chi connectivity index (χ0v) is 13.9. The molecule has 3 N–H and O–H groups in total. The number of benzene rings is 1. The summed E-state index contributed by atoms with van der Waals surface area (Å²) >= 11 is 0. The molecule has 23 heavy (non-hydrogen) atoms. The highest BCUT2D eigenvalue weighted by molar-refractivity contribution is 5.95. The van der Waals surface area contributed by atoms with Crippen LogP contribution in [0.2, 0.25) is 0 Å². The highest BCUT2D eigenvalue weighted by atomic mass is 16.2. The third kappa shape index (κ3) is 5.93. The molecular formula is C18H27N3O2. The molecule has 1 aromatic carbocycles. The maximum Gasteiger partial charge on any atom is 0.319 e. The van der Waals surface area contributed by atoms with Gasteiger partial charge in [0.25, 0.3) is 5.91 Å². The molecule has 1 aromatic rings. The number of amides is 3. The number of nitrogens with one attached hydrogen (secondary N) is 3. The van der Waals surface area contributed by atoms with Gasteiger partial charge < -0.3 is 16.0 Å². The quantitative estimate of drug-likeness (QED) is 0.672. The van der Waals surface area contributed by atoms with Gasteiger partial charge in [-0.3, -0.25) is 4.79 Å². The molecule has 0 bridgehead atoms. The second kappa shape index (κ2) is 9.18. The maximum absolute atomic E-state index is 12.1. The molecule has 1 saturated carbocycles. The summed E-state index contributed by atoms with van der Waals surface area (Å²) in [6, 6.07) is 7.12. The van der Waals surface area contributed by atoms with Gasteiger partial charge in [-0.05, 0) is 43.5 Å². The van der Waals surface area contributed by atoms with Gasteiger partial charge in [0.15, 0.2) is 0 Å². The number of unbranched alkanes of at least 4 members (excludes halogenated alkanes) is 2. The van der Waals surface area contributed by atoms with Crippen LogP contribution in [0.5, 0.6) is 0 Å². The first-order valence-electron chi connectivity index (χ1n) is 8.65. The van der Waals surface area contributed by atoms with Gasteiger partial charge in [-0.2, -0.15) is 0 Å². The Bertz CT molecular complexity index is 508. The third-order valence-electron chi connectivity index (χ3n) is 4.16. The molecule has 2 rings (SSSR count). The summed E-state index contributed by atoms with van der Waals surface area (Å²) in [6.45, 7) is 2.81. The van der Waals surface area contributed by atoms with Crippen LogP contribution in [0.4, 0.5) is 10.5 Å². The van der Waals surface area contributed by atoms with E-state index in [1.165, 1.54) is 12.8 Å². The van der Waals surface area contributed by atoms with Crippen molar-refractivity contribution in [3.8, 4) is 0 Å². The summed E-state index contributed by atoms with van der Waals surface area (Å²) < 4.78 is 0. The molecule has 0 unspecified atom stereocenters. The van der Waals surface area contributed by atoms with Crippen molar-refractivity contribution >= 4 is 17.6 Å². The van der Waals surface area contributed by atoms with Crippen LogP contribution in [0.3, 0.4) is 0 Å². The number of rotatable bonds is 7. The van der Waals surface area contributed by atoms with Gasteiger partial charge in [0.05, 0.1) is 0 Å². The second-order valence-corrected chi connectivity index (χ2v) is 6.12. The average Bonchev–Trinajstić information content (AvgIpc) is 3.05. The minimum atomic E-state index is -0.204. The summed E-state index contributed by atoms with van der Waals surface area (Å²) in [5.74, 6) is -0.0348. The van der Waals surface area contributed by atoms with E-state index in [-0.39, 0.29) is 11.9 Å². The average molecular weight is 317 g/mol. The van der Waals surface area contributed by atoms with E-state index >= 15 is 0 Å². The fourth-order valence-electron chi connectivity index (χ4n) is 2.80. The van der Waals surface area contributed by atoms with Crippen LogP contribution in [0, 0.1) is 0 Å². The Labute approximate surface area is 138 Å². The van der Waals surface area contributed by atoms with Crippen LogP contribution in [-0.4, -0.2) is 24.5 Å². The van der Waals surface area contributed by atoms with E-state index in [0.29, 0.717) is 23.8 Å². The van der Waals surface area contributed by atoms with Gasteiger partial charge in [-0.25, -0.2) is 4.79 Å². The molecule has 5 heteroatoms. The molecule has 5 nitrogen and oxygen atoms in total. The molecule has 0 radical (unpaired) electrons. The van der Waals surface area contributed by atoms with Crippen molar-refractivity contribution < 1.29 is 9.59 Å². The van der Waals surface area contributed by atoms with E-state index in [9.17, 15) is 9.59 Å². The summed E-state index contributed by atoms with van der Waals surface area (Å²) in [5, 5.41) is 8.66. The molecule has 0 aliphatic heterocycles. The molecular weight excluding hydrogens is 290 g/mol. The zero-order chi connectivity index (χ0) is 16.5. The lowest BCUT2D eigenvalue weighted by Gasteiger charge is -2.12. The Balaban J connectivity index is 1.77. The topological polar surface area (TPSA) is 70.2 Å². The molecule has 3 amide bonds. The van der Waals surface area contributed by atoms with E-state index in [4.69, 9.17) is 0 Å². The van der Waals surface area contributed by atoms with Gasteiger partial charge in [-0.15, -0.1) is 0 Å². The minimum absolute atomic E-state index is 0.0348. The normalized spacial score (nSPS) is 14.5. The molecule has 1 aliphatic carbocycles. The summed E-state index contributed by atoms with van der Waals surface area (Å²) in [6.07, 6.45) is 7.78. The summed E-state index contributed by atoms with van der Waals surface area (Å²) in [4.78, 5) is 23.8. The van der Waals surface area contributed by atoms with Crippen LogP contribution >= 0.6 is 0 Å². The lowest BCUT2D eigenvalue weighted by molar-refractivity contribution is 0.0938. The number of urea groups is 1. The third-order valence-corrected chi connectivity index (χ3v) is 4.16. The first-order valence-corrected chi connectivity index (χ1v) is 8.65. The van der Waals surface area contributed by atoms with Crippen LogP contribution < -0.4 is 16.0 Å². The number of anilines is 1. The zero-order valence-electron chi connectivity index (χ0n) is 13.9. The molecule has 1 fully saturated rings. The van der Waals surface area contributed by atoms with Crippen LogP contribution in [0.25, 0.3) is 0 Å². The van der Waals surface area contributed by atoms with Crippen LogP contribution in [0.1, 0.15) is 62.2 Å². The summed E-state index contributed by atoms with van der Waals surface area (Å²) in [7, 11) is 0. The standard InChI is InChI=1S/C18H27N3O2/c1-2-3-6-13-19-18(23)21-16-11-9-14(10-12-16)17(22)20-15-7-4-5-8-15/h9-12,15H,2-8,13H2,1H3,(H,20,22)(H2,19,21,23). The highest BCUT2D eigenvalue weighted by Crippen LogP contribution is 2.18. The van der Waals surface area contributed by atoms with E-state index < -0.39 is 0 Å². The summed E-state index contributed by atoms with van der Waals surface area (Å²) in [5.41, 5.74) is 1.32. The van der Waals surface area contributed by atoms with Gasteiger partial charge in [-0.1, -0.05) is 32.6 Å². The van der Waals surface area contributed by atoms with Crippen molar-refractivity contribution in [1.29, 1.82) is 0 Å². The smallest absolute Gasteiger partial charge is 0.319 e. The Kier molecular flexibility index (Phi) is 6.91. The van der Waals surface area contributed by atoms with Crippen LogP contribution in [-0.2, 0) is 0 Å². The maximum atomic E-state index is 12.1. The van der Waals surface area contributed by atoms with Crippen molar-refractivity contribution in [2.45, 2.75) is 57.9 Å².